The van der Waals surface area contributed by atoms with Crippen molar-refractivity contribution in [1.29, 1.82) is 0 Å². The highest BCUT2D eigenvalue weighted by molar-refractivity contribution is 6.02. The van der Waals surface area contributed by atoms with E-state index in [1.54, 1.807) is 26.0 Å². The van der Waals surface area contributed by atoms with Gasteiger partial charge in [-0.1, -0.05) is 19.1 Å². The van der Waals surface area contributed by atoms with Crippen LogP contribution in [0.15, 0.2) is 30.0 Å². The number of nitrogens with zero attached hydrogens (tertiary/aromatic N) is 1. The summed E-state index contributed by atoms with van der Waals surface area (Å²) in [5, 5.41) is 13.7. The predicted octanol–water partition coefficient (Wildman–Crippen LogP) is 0.153. The van der Waals surface area contributed by atoms with E-state index in [-0.39, 0.29) is 24.4 Å². The standard InChI is InChI=1S/C15H20N4O4/c1-3-10(13(20)19-11(4-2)15(22)23)18-14(21)12-7-5-6-9(8-16)17-12/h3,5-7,11H,4,8,16H2,1-2H3,(H,18,21)(H,19,20)(H,22,23)/b10-3-/t11-/m0/s1. The number of nitrogens with one attached hydrogen (secondary N) is 2. The van der Waals surface area contributed by atoms with Crippen LogP contribution in [0.5, 0.6) is 0 Å². The number of carbonyl (C=O) groups is 3. The molecule has 0 fully saturated rings. The quantitative estimate of drug-likeness (QED) is 0.528. The molecule has 0 aliphatic heterocycles. The van der Waals surface area contributed by atoms with Gasteiger partial charge in [0.25, 0.3) is 11.8 Å². The number of carboxylic acid groups (broad SMARTS) is 1. The lowest BCUT2D eigenvalue weighted by molar-refractivity contribution is -0.141. The number of rotatable bonds is 7. The molecule has 1 rings (SSSR count). The Morgan fingerprint density at radius 2 is 2.09 bits per heavy atom. The summed E-state index contributed by atoms with van der Waals surface area (Å²) in [5.74, 6) is -2.39. The van der Waals surface area contributed by atoms with Gasteiger partial charge >= 0.3 is 5.97 Å². The van der Waals surface area contributed by atoms with Crippen molar-refractivity contribution < 1.29 is 19.5 Å². The molecular weight excluding hydrogens is 300 g/mol. The van der Waals surface area contributed by atoms with Gasteiger partial charge in [0.2, 0.25) is 0 Å². The summed E-state index contributed by atoms with van der Waals surface area (Å²) in [6.07, 6.45) is 1.61. The zero-order chi connectivity index (χ0) is 17.4. The number of hydrogen-bond donors (Lipinski definition) is 4. The summed E-state index contributed by atoms with van der Waals surface area (Å²) >= 11 is 0. The largest absolute Gasteiger partial charge is 0.480 e. The molecule has 0 bridgehead atoms. The first-order valence-electron chi connectivity index (χ1n) is 7.10. The number of carboxylic acids is 1. The minimum atomic E-state index is -1.14. The van der Waals surface area contributed by atoms with Crippen LogP contribution < -0.4 is 16.4 Å². The highest BCUT2D eigenvalue weighted by Crippen LogP contribution is 2.02. The van der Waals surface area contributed by atoms with Gasteiger partial charge in [-0.25, -0.2) is 9.78 Å². The summed E-state index contributed by atoms with van der Waals surface area (Å²) in [6, 6.07) is 3.79. The molecule has 1 aromatic heterocycles. The summed E-state index contributed by atoms with van der Waals surface area (Å²) in [7, 11) is 0. The third kappa shape index (κ3) is 5.19. The SMILES string of the molecule is C/C=C(\NC(=O)c1cccc(CN)n1)C(=O)N[C@@H](CC)C(=O)O. The van der Waals surface area contributed by atoms with E-state index in [4.69, 9.17) is 10.8 Å². The maximum absolute atomic E-state index is 12.1. The van der Waals surface area contributed by atoms with Crippen LogP contribution >= 0.6 is 0 Å². The summed E-state index contributed by atoms with van der Waals surface area (Å²) in [5.41, 5.74) is 6.08. The van der Waals surface area contributed by atoms with E-state index in [2.05, 4.69) is 15.6 Å². The highest BCUT2D eigenvalue weighted by atomic mass is 16.4. The molecule has 23 heavy (non-hydrogen) atoms. The Morgan fingerprint density at radius 3 is 2.61 bits per heavy atom. The first kappa shape index (κ1) is 18.3. The smallest absolute Gasteiger partial charge is 0.326 e. The van der Waals surface area contributed by atoms with E-state index in [1.807, 2.05) is 0 Å². The van der Waals surface area contributed by atoms with Crippen LogP contribution in [0.1, 0.15) is 36.5 Å². The molecule has 0 spiro atoms. The average Bonchev–Trinajstić information content (AvgIpc) is 2.56. The average molecular weight is 320 g/mol. The van der Waals surface area contributed by atoms with E-state index >= 15 is 0 Å². The van der Waals surface area contributed by atoms with E-state index in [0.717, 1.165) is 0 Å². The maximum atomic E-state index is 12.1. The molecule has 8 heteroatoms. The lowest BCUT2D eigenvalue weighted by Gasteiger charge is -2.14. The number of pyridine rings is 1. The van der Waals surface area contributed by atoms with Crippen molar-refractivity contribution in [2.45, 2.75) is 32.9 Å². The number of hydrogen-bond acceptors (Lipinski definition) is 5. The van der Waals surface area contributed by atoms with Crippen molar-refractivity contribution in [3.05, 3.63) is 41.4 Å². The van der Waals surface area contributed by atoms with Crippen molar-refractivity contribution in [1.82, 2.24) is 15.6 Å². The molecule has 0 aliphatic rings. The highest BCUT2D eigenvalue weighted by Gasteiger charge is 2.21. The Kier molecular flexibility index (Phi) is 6.88. The molecule has 0 radical (unpaired) electrons. The fourth-order valence-electron chi connectivity index (χ4n) is 1.74. The third-order valence-corrected chi connectivity index (χ3v) is 3.04. The van der Waals surface area contributed by atoms with Crippen molar-refractivity contribution in [2.24, 2.45) is 5.73 Å². The molecule has 5 N–H and O–H groups in total. The van der Waals surface area contributed by atoms with Crippen molar-refractivity contribution in [3.63, 3.8) is 0 Å². The number of amides is 2. The van der Waals surface area contributed by atoms with Crippen LogP contribution in [0, 0.1) is 0 Å². The summed E-state index contributed by atoms with van der Waals surface area (Å²) < 4.78 is 0. The number of allylic oxidation sites excluding steroid dienone is 1. The zero-order valence-electron chi connectivity index (χ0n) is 13.0. The molecule has 124 valence electrons. The van der Waals surface area contributed by atoms with Crippen LogP contribution in [-0.2, 0) is 16.1 Å². The van der Waals surface area contributed by atoms with Gasteiger partial charge in [-0.2, -0.15) is 0 Å². The molecular formula is C15H20N4O4. The molecule has 8 nitrogen and oxygen atoms in total. The molecule has 0 saturated heterocycles. The molecule has 1 atom stereocenters. The Balaban J connectivity index is 2.81. The Labute approximate surface area is 133 Å². The monoisotopic (exact) mass is 320 g/mol. The second-order valence-corrected chi connectivity index (χ2v) is 4.65. The van der Waals surface area contributed by atoms with E-state index in [0.29, 0.717) is 5.69 Å². The van der Waals surface area contributed by atoms with Crippen LogP contribution in [0.2, 0.25) is 0 Å². The van der Waals surface area contributed by atoms with Crippen molar-refractivity contribution in [3.8, 4) is 0 Å². The van der Waals surface area contributed by atoms with Gasteiger partial charge in [-0.3, -0.25) is 9.59 Å². The number of carbonyl (C=O) groups excluding carboxylic acids is 2. The fourth-order valence-corrected chi connectivity index (χ4v) is 1.74. The maximum Gasteiger partial charge on any atom is 0.326 e. The van der Waals surface area contributed by atoms with Gasteiger partial charge in [0.05, 0.1) is 5.69 Å². The number of nitrogens with two attached hydrogens (primary N) is 1. The second-order valence-electron chi connectivity index (χ2n) is 4.65. The third-order valence-electron chi connectivity index (χ3n) is 3.04. The van der Waals surface area contributed by atoms with E-state index in [1.165, 1.54) is 12.1 Å². The summed E-state index contributed by atoms with van der Waals surface area (Å²) in [4.78, 5) is 39.2. The van der Waals surface area contributed by atoms with Gasteiger partial charge in [0, 0.05) is 6.54 Å². The van der Waals surface area contributed by atoms with Gasteiger partial charge in [0.15, 0.2) is 0 Å². The molecule has 0 saturated carbocycles. The molecule has 1 aromatic rings. The van der Waals surface area contributed by atoms with Gasteiger partial charge in [-0.15, -0.1) is 0 Å². The van der Waals surface area contributed by atoms with E-state index in [9.17, 15) is 14.4 Å². The number of aromatic nitrogens is 1. The fraction of sp³-hybridized carbons (Fsp3) is 0.333. The minimum Gasteiger partial charge on any atom is -0.480 e. The normalized spacial score (nSPS) is 12.4. The number of aliphatic carboxylic acids is 1. The van der Waals surface area contributed by atoms with Gasteiger partial charge in [-0.05, 0) is 25.5 Å². The van der Waals surface area contributed by atoms with E-state index < -0.39 is 23.8 Å². The molecule has 0 aromatic carbocycles. The molecule has 1 heterocycles. The first-order valence-corrected chi connectivity index (χ1v) is 7.10. The minimum absolute atomic E-state index is 0.0466. The lowest BCUT2D eigenvalue weighted by Crippen LogP contribution is -2.44. The molecule has 2 amide bonds. The van der Waals surface area contributed by atoms with Crippen LogP contribution in [0.4, 0.5) is 0 Å². The van der Waals surface area contributed by atoms with Crippen LogP contribution in [0.3, 0.4) is 0 Å². The topological polar surface area (TPSA) is 134 Å². The molecule has 0 aliphatic carbocycles. The van der Waals surface area contributed by atoms with Gasteiger partial charge < -0.3 is 21.5 Å². The second kappa shape index (κ2) is 8.64. The molecule has 0 unspecified atom stereocenters. The lowest BCUT2D eigenvalue weighted by atomic mass is 10.2. The van der Waals surface area contributed by atoms with Crippen molar-refractivity contribution in [2.75, 3.05) is 0 Å². The Hall–Kier alpha value is -2.74. The summed E-state index contributed by atoms with van der Waals surface area (Å²) in [6.45, 7) is 3.38. The Bertz CT molecular complexity index is 628. The predicted molar refractivity (Wildman–Crippen MR) is 83.2 cm³/mol. The Morgan fingerprint density at radius 1 is 1.39 bits per heavy atom. The van der Waals surface area contributed by atoms with Crippen LogP contribution in [0.25, 0.3) is 0 Å². The van der Waals surface area contributed by atoms with Crippen LogP contribution in [-0.4, -0.2) is 33.9 Å². The first-order chi connectivity index (χ1) is 10.9. The zero-order valence-corrected chi connectivity index (χ0v) is 13.0. The van der Waals surface area contributed by atoms with Crippen molar-refractivity contribution >= 4 is 17.8 Å². The van der Waals surface area contributed by atoms with Gasteiger partial charge in [0.1, 0.15) is 17.4 Å².